The molecular weight excluding hydrogens is 444 g/mol. The first-order valence-electron chi connectivity index (χ1n) is 10.2. The van der Waals surface area contributed by atoms with Crippen LogP contribution < -0.4 is 14.9 Å². The van der Waals surface area contributed by atoms with Crippen LogP contribution in [-0.2, 0) is 9.53 Å². The van der Waals surface area contributed by atoms with E-state index in [9.17, 15) is 9.59 Å². The summed E-state index contributed by atoms with van der Waals surface area (Å²) in [6.45, 7) is 3.75. The van der Waals surface area contributed by atoms with Gasteiger partial charge in [-0.3, -0.25) is 9.36 Å². The molecule has 2 aromatic carbocycles. The number of hydrogen-bond acceptors (Lipinski definition) is 5. The van der Waals surface area contributed by atoms with E-state index in [1.165, 1.54) is 11.3 Å². The highest BCUT2D eigenvalue weighted by molar-refractivity contribution is 7.07. The maximum Gasteiger partial charge on any atom is 0.338 e. The van der Waals surface area contributed by atoms with E-state index in [-0.39, 0.29) is 12.2 Å². The van der Waals surface area contributed by atoms with Crippen molar-refractivity contribution in [1.82, 2.24) is 4.57 Å². The van der Waals surface area contributed by atoms with E-state index in [4.69, 9.17) is 16.3 Å². The molecule has 7 heteroatoms. The van der Waals surface area contributed by atoms with Gasteiger partial charge in [-0.15, -0.1) is 0 Å². The van der Waals surface area contributed by atoms with Gasteiger partial charge in [0, 0.05) is 5.02 Å². The van der Waals surface area contributed by atoms with Crippen molar-refractivity contribution in [2.45, 2.75) is 19.9 Å². The van der Waals surface area contributed by atoms with Gasteiger partial charge in [0.15, 0.2) is 4.80 Å². The first-order chi connectivity index (χ1) is 15.5. The number of aromatic nitrogens is 1. The van der Waals surface area contributed by atoms with Crippen LogP contribution in [0.2, 0.25) is 5.02 Å². The third-order valence-electron chi connectivity index (χ3n) is 5.04. The van der Waals surface area contributed by atoms with Crippen molar-refractivity contribution in [1.29, 1.82) is 0 Å². The van der Waals surface area contributed by atoms with Gasteiger partial charge in [-0.25, -0.2) is 9.79 Å². The smallest absolute Gasteiger partial charge is 0.338 e. The zero-order valence-corrected chi connectivity index (χ0v) is 19.2. The SMILES string of the molecule is CCOC(=O)C1=C(C)N=c2s/c(=C/C=C\c3ccccc3)c(=O)n2[C@@H]1c1ccc(Cl)cc1. The van der Waals surface area contributed by atoms with Crippen molar-refractivity contribution in [3.63, 3.8) is 0 Å². The van der Waals surface area contributed by atoms with Gasteiger partial charge >= 0.3 is 5.97 Å². The van der Waals surface area contributed by atoms with Crippen LogP contribution in [0.5, 0.6) is 0 Å². The lowest BCUT2D eigenvalue weighted by Gasteiger charge is -2.24. The van der Waals surface area contributed by atoms with Crippen LogP contribution >= 0.6 is 22.9 Å². The number of fused-ring (bicyclic) bond motifs is 1. The summed E-state index contributed by atoms with van der Waals surface area (Å²) in [4.78, 5) is 31.3. The van der Waals surface area contributed by atoms with Gasteiger partial charge in [-0.2, -0.15) is 0 Å². The summed E-state index contributed by atoms with van der Waals surface area (Å²) in [6, 6.07) is 16.3. The predicted octanol–water partition coefficient (Wildman–Crippen LogP) is 4.12. The molecule has 1 atom stereocenters. The fourth-order valence-electron chi connectivity index (χ4n) is 3.58. The van der Waals surface area contributed by atoms with E-state index in [1.54, 1.807) is 36.6 Å². The molecule has 0 unspecified atom stereocenters. The highest BCUT2D eigenvalue weighted by Gasteiger charge is 2.33. The Hall–Kier alpha value is -3.22. The maximum absolute atomic E-state index is 13.4. The third-order valence-corrected chi connectivity index (χ3v) is 6.29. The quantitative estimate of drug-likeness (QED) is 0.534. The monoisotopic (exact) mass is 464 g/mol. The number of esters is 1. The number of nitrogens with zero attached hydrogens (tertiary/aromatic N) is 2. The first kappa shape index (κ1) is 22.0. The molecule has 1 aliphatic heterocycles. The van der Waals surface area contributed by atoms with E-state index < -0.39 is 12.0 Å². The second-order valence-electron chi connectivity index (χ2n) is 7.15. The van der Waals surface area contributed by atoms with Crippen LogP contribution in [0.25, 0.3) is 12.2 Å². The molecule has 1 aliphatic rings. The van der Waals surface area contributed by atoms with E-state index in [0.717, 1.165) is 11.1 Å². The lowest BCUT2D eigenvalue weighted by atomic mass is 9.96. The predicted molar refractivity (Wildman–Crippen MR) is 128 cm³/mol. The van der Waals surface area contributed by atoms with Gasteiger partial charge in [-0.05, 0) is 43.2 Å². The Morgan fingerprint density at radius 1 is 1.19 bits per heavy atom. The maximum atomic E-state index is 13.4. The van der Waals surface area contributed by atoms with Crippen LogP contribution in [0.15, 0.2) is 81.7 Å². The Morgan fingerprint density at radius 3 is 2.59 bits per heavy atom. The largest absolute Gasteiger partial charge is 0.463 e. The van der Waals surface area contributed by atoms with Gasteiger partial charge in [-0.1, -0.05) is 77.6 Å². The van der Waals surface area contributed by atoms with Crippen molar-refractivity contribution in [3.8, 4) is 0 Å². The highest BCUT2D eigenvalue weighted by Crippen LogP contribution is 2.31. The van der Waals surface area contributed by atoms with Crippen molar-refractivity contribution >= 4 is 41.1 Å². The molecule has 0 bridgehead atoms. The minimum absolute atomic E-state index is 0.208. The molecule has 0 saturated carbocycles. The third kappa shape index (κ3) is 4.38. The molecule has 0 radical (unpaired) electrons. The number of halogens is 1. The number of allylic oxidation sites excluding steroid dienone is 2. The second kappa shape index (κ2) is 9.51. The summed E-state index contributed by atoms with van der Waals surface area (Å²) in [5, 5.41) is 0.575. The standard InChI is InChI=1S/C25H21ClN2O3S/c1-3-31-24(30)21-16(2)27-25-28(22(21)18-12-14-19(26)15-13-18)23(29)20(32-25)11-7-10-17-8-5-4-6-9-17/h4-15,22H,3H2,1-2H3/b10-7-,20-11+/t22-/m1/s1. The van der Waals surface area contributed by atoms with Gasteiger partial charge in [0.05, 0.1) is 28.5 Å². The molecule has 162 valence electrons. The van der Waals surface area contributed by atoms with E-state index in [1.807, 2.05) is 54.6 Å². The van der Waals surface area contributed by atoms with Crippen molar-refractivity contribution in [2.75, 3.05) is 6.61 Å². The van der Waals surface area contributed by atoms with Crippen LogP contribution in [0, 0.1) is 0 Å². The fraction of sp³-hybridized carbons (Fsp3) is 0.160. The van der Waals surface area contributed by atoms with Crippen LogP contribution in [0.4, 0.5) is 0 Å². The lowest BCUT2D eigenvalue weighted by molar-refractivity contribution is -0.139. The van der Waals surface area contributed by atoms with E-state index in [0.29, 0.717) is 25.6 Å². The van der Waals surface area contributed by atoms with Crippen molar-refractivity contribution in [3.05, 3.63) is 108 Å². The summed E-state index contributed by atoms with van der Waals surface area (Å²) in [7, 11) is 0. The molecule has 5 nitrogen and oxygen atoms in total. The average Bonchev–Trinajstić information content (AvgIpc) is 3.09. The highest BCUT2D eigenvalue weighted by atomic mass is 35.5. The van der Waals surface area contributed by atoms with Gasteiger partial charge < -0.3 is 4.74 Å². The summed E-state index contributed by atoms with van der Waals surface area (Å²) in [5.74, 6) is -0.480. The Labute approximate surface area is 194 Å². The molecule has 3 aromatic rings. The molecule has 0 N–H and O–H groups in total. The minimum Gasteiger partial charge on any atom is -0.463 e. The fourth-order valence-corrected chi connectivity index (χ4v) is 4.70. The zero-order valence-electron chi connectivity index (χ0n) is 17.6. The van der Waals surface area contributed by atoms with Crippen molar-refractivity contribution < 1.29 is 9.53 Å². The summed E-state index contributed by atoms with van der Waals surface area (Å²) >= 11 is 7.36. The molecule has 0 fully saturated rings. The number of hydrogen-bond donors (Lipinski definition) is 0. The van der Waals surface area contributed by atoms with Gasteiger partial charge in [0.2, 0.25) is 0 Å². The molecule has 2 heterocycles. The second-order valence-corrected chi connectivity index (χ2v) is 8.59. The Kier molecular flexibility index (Phi) is 6.53. The summed E-state index contributed by atoms with van der Waals surface area (Å²) in [5.41, 5.74) is 2.49. The molecule has 0 saturated heterocycles. The van der Waals surface area contributed by atoms with Crippen LogP contribution in [-0.4, -0.2) is 17.1 Å². The molecule has 4 rings (SSSR count). The van der Waals surface area contributed by atoms with Crippen LogP contribution in [0.3, 0.4) is 0 Å². The normalized spacial score (nSPS) is 16.2. The number of benzene rings is 2. The summed E-state index contributed by atoms with van der Waals surface area (Å²) in [6.07, 6.45) is 5.56. The number of carbonyl (C=O) groups excluding carboxylic acids is 1. The van der Waals surface area contributed by atoms with Gasteiger partial charge in [0.1, 0.15) is 0 Å². The minimum atomic E-state index is -0.636. The number of ether oxygens (including phenoxy) is 1. The summed E-state index contributed by atoms with van der Waals surface area (Å²) < 4.78 is 7.39. The number of carbonyl (C=O) groups is 1. The Morgan fingerprint density at radius 2 is 1.91 bits per heavy atom. The van der Waals surface area contributed by atoms with E-state index >= 15 is 0 Å². The topological polar surface area (TPSA) is 60.7 Å². The molecular formula is C25H21ClN2O3S. The number of thiazole rings is 1. The molecule has 1 aromatic heterocycles. The average molecular weight is 465 g/mol. The first-order valence-corrected chi connectivity index (χ1v) is 11.4. The number of rotatable bonds is 5. The zero-order chi connectivity index (χ0) is 22.7. The van der Waals surface area contributed by atoms with E-state index in [2.05, 4.69) is 4.99 Å². The van der Waals surface area contributed by atoms with Crippen LogP contribution in [0.1, 0.15) is 31.0 Å². The Balaban J connectivity index is 1.86. The Bertz CT molecular complexity index is 1380. The van der Waals surface area contributed by atoms with Crippen molar-refractivity contribution in [2.24, 2.45) is 4.99 Å². The molecule has 0 spiro atoms. The van der Waals surface area contributed by atoms with Gasteiger partial charge in [0.25, 0.3) is 5.56 Å². The molecule has 32 heavy (non-hydrogen) atoms. The molecule has 0 amide bonds. The lowest BCUT2D eigenvalue weighted by Crippen LogP contribution is -2.39. The molecule has 0 aliphatic carbocycles.